The fourth-order valence-electron chi connectivity index (χ4n) is 4.91. The molecule has 0 aromatic rings. The van der Waals surface area contributed by atoms with Gasteiger partial charge in [-0.2, -0.15) is 17.0 Å². The first-order valence-electron chi connectivity index (χ1n) is 9.72. The Hall–Kier alpha value is -1.23. The molecule has 4 rings (SSSR count). The number of likely N-dealkylation sites (tertiary alicyclic amines) is 2. The number of nitrogens with zero attached hydrogens (tertiary/aromatic N) is 4. The first-order chi connectivity index (χ1) is 12.8. The van der Waals surface area contributed by atoms with Crippen LogP contribution in [0.2, 0.25) is 0 Å². The summed E-state index contributed by atoms with van der Waals surface area (Å²) >= 11 is 0. The minimum Gasteiger partial charge on any atom is -0.379 e. The molecule has 27 heavy (non-hydrogen) atoms. The Morgan fingerprint density at radius 2 is 1.59 bits per heavy atom. The van der Waals surface area contributed by atoms with Crippen molar-refractivity contribution < 1.29 is 22.7 Å². The number of amides is 2. The lowest BCUT2D eigenvalue weighted by molar-refractivity contribution is -0.141. The smallest absolute Gasteiger partial charge is 0.282 e. The number of fused-ring (bicyclic) bond motifs is 1. The Balaban J connectivity index is 1.60. The zero-order valence-corrected chi connectivity index (χ0v) is 16.6. The molecule has 0 saturated carbocycles. The van der Waals surface area contributed by atoms with Gasteiger partial charge in [-0.05, 0) is 12.8 Å². The van der Waals surface area contributed by atoms with Crippen molar-refractivity contribution in [3.63, 3.8) is 0 Å². The highest BCUT2D eigenvalue weighted by atomic mass is 32.2. The van der Waals surface area contributed by atoms with Crippen LogP contribution in [0.3, 0.4) is 0 Å². The third-order valence-corrected chi connectivity index (χ3v) is 8.41. The number of carbonyl (C=O) groups is 2. The van der Waals surface area contributed by atoms with Gasteiger partial charge in [0.1, 0.15) is 0 Å². The summed E-state index contributed by atoms with van der Waals surface area (Å²) in [6, 6.07) is 0. The van der Waals surface area contributed by atoms with Crippen molar-refractivity contribution in [2.75, 3.05) is 65.6 Å². The zero-order valence-electron chi connectivity index (χ0n) is 15.8. The maximum Gasteiger partial charge on any atom is 0.282 e. The molecule has 0 aliphatic carbocycles. The van der Waals surface area contributed by atoms with Crippen LogP contribution in [0, 0.1) is 11.3 Å². The molecule has 0 unspecified atom stereocenters. The summed E-state index contributed by atoms with van der Waals surface area (Å²) in [4.78, 5) is 28.9. The summed E-state index contributed by atoms with van der Waals surface area (Å²) in [5.41, 5.74) is -0.810. The largest absolute Gasteiger partial charge is 0.379 e. The lowest BCUT2D eigenvalue weighted by Crippen LogP contribution is -2.52. The van der Waals surface area contributed by atoms with E-state index in [2.05, 4.69) is 0 Å². The number of ether oxygens (including phenoxy) is 1. The molecule has 2 amide bonds. The summed E-state index contributed by atoms with van der Waals surface area (Å²) in [6.45, 7) is 5.66. The second-order valence-electron chi connectivity index (χ2n) is 8.06. The second kappa shape index (κ2) is 6.98. The minimum atomic E-state index is -3.62. The van der Waals surface area contributed by atoms with Gasteiger partial charge < -0.3 is 14.5 Å². The van der Waals surface area contributed by atoms with Gasteiger partial charge in [-0.3, -0.25) is 9.59 Å². The average Bonchev–Trinajstić information content (AvgIpc) is 3.36. The van der Waals surface area contributed by atoms with Crippen molar-refractivity contribution in [2.24, 2.45) is 11.3 Å². The number of rotatable bonds is 3. The van der Waals surface area contributed by atoms with Gasteiger partial charge in [0.15, 0.2) is 0 Å². The number of morpholine rings is 1. The molecule has 0 aromatic carbocycles. The quantitative estimate of drug-likeness (QED) is 0.604. The zero-order chi connectivity index (χ0) is 19.2. The van der Waals surface area contributed by atoms with E-state index in [1.165, 1.54) is 15.5 Å². The van der Waals surface area contributed by atoms with Gasteiger partial charge in [0, 0.05) is 65.2 Å². The highest BCUT2D eigenvalue weighted by molar-refractivity contribution is 7.86. The number of carbonyl (C=O) groups excluding carboxylic acids is 2. The molecule has 4 heterocycles. The van der Waals surface area contributed by atoms with E-state index in [1.54, 1.807) is 4.90 Å². The molecule has 4 fully saturated rings. The number of hydrogen-bond acceptors (Lipinski definition) is 5. The maximum absolute atomic E-state index is 13.4. The molecule has 152 valence electrons. The van der Waals surface area contributed by atoms with Gasteiger partial charge in [-0.25, -0.2) is 0 Å². The van der Waals surface area contributed by atoms with Gasteiger partial charge in [-0.1, -0.05) is 0 Å². The molecular weight excluding hydrogens is 372 g/mol. The van der Waals surface area contributed by atoms with E-state index in [0.717, 1.165) is 25.9 Å². The van der Waals surface area contributed by atoms with Crippen molar-refractivity contribution in [3.05, 3.63) is 0 Å². The van der Waals surface area contributed by atoms with Crippen LogP contribution >= 0.6 is 0 Å². The lowest BCUT2D eigenvalue weighted by Gasteiger charge is -2.33. The predicted octanol–water partition coefficient (Wildman–Crippen LogP) is -1.03. The molecule has 0 aromatic heterocycles. The van der Waals surface area contributed by atoms with Crippen LogP contribution in [0.1, 0.15) is 19.8 Å². The SMILES string of the molecule is CC(=O)N1C[C@H]2CN(S(=O)(=O)N3CCOCC3)C[C@@]2(C(=O)N2CCCC2)C1. The second-order valence-corrected chi connectivity index (χ2v) is 9.99. The van der Waals surface area contributed by atoms with Crippen molar-refractivity contribution in [1.82, 2.24) is 18.4 Å². The van der Waals surface area contributed by atoms with Gasteiger partial charge in [0.25, 0.3) is 10.2 Å². The van der Waals surface area contributed by atoms with Crippen LogP contribution < -0.4 is 0 Å². The summed E-state index contributed by atoms with van der Waals surface area (Å²) in [5.74, 6) is -0.181. The van der Waals surface area contributed by atoms with Gasteiger partial charge >= 0.3 is 0 Å². The van der Waals surface area contributed by atoms with E-state index in [1.807, 2.05) is 4.90 Å². The van der Waals surface area contributed by atoms with Crippen molar-refractivity contribution in [2.45, 2.75) is 19.8 Å². The van der Waals surface area contributed by atoms with E-state index in [0.29, 0.717) is 45.9 Å². The van der Waals surface area contributed by atoms with E-state index in [-0.39, 0.29) is 24.3 Å². The third-order valence-electron chi connectivity index (χ3n) is 6.46. The van der Waals surface area contributed by atoms with Crippen LogP contribution in [-0.2, 0) is 24.5 Å². The molecule has 9 nitrogen and oxygen atoms in total. The molecule has 0 radical (unpaired) electrons. The normalized spacial score (nSPS) is 32.9. The Morgan fingerprint density at radius 1 is 0.926 bits per heavy atom. The summed E-state index contributed by atoms with van der Waals surface area (Å²) in [6.07, 6.45) is 1.97. The molecule has 0 spiro atoms. The summed E-state index contributed by atoms with van der Waals surface area (Å²) in [7, 11) is -3.62. The Morgan fingerprint density at radius 3 is 2.22 bits per heavy atom. The minimum absolute atomic E-state index is 0.0217. The number of hydrogen-bond donors (Lipinski definition) is 0. The Kier molecular flexibility index (Phi) is 4.94. The summed E-state index contributed by atoms with van der Waals surface area (Å²) in [5, 5.41) is 0. The van der Waals surface area contributed by atoms with E-state index in [9.17, 15) is 18.0 Å². The molecule has 10 heteroatoms. The Labute approximate surface area is 160 Å². The van der Waals surface area contributed by atoms with E-state index in [4.69, 9.17) is 4.74 Å². The molecule has 0 bridgehead atoms. The third kappa shape index (κ3) is 3.16. The van der Waals surface area contributed by atoms with Gasteiger partial charge in [0.2, 0.25) is 11.8 Å². The van der Waals surface area contributed by atoms with Crippen molar-refractivity contribution in [1.29, 1.82) is 0 Å². The van der Waals surface area contributed by atoms with E-state index < -0.39 is 15.6 Å². The van der Waals surface area contributed by atoms with Crippen LogP contribution in [0.25, 0.3) is 0 Å². The molecule has 0 N–H and O–H groups in total. The summed E-state index contributed by atoms with van der Waals surface area (Å²) < 4.78 is 34.4. The van der Waals surface area contributed by atoms with Gasteiger partial charge in [0.05, 0.1) is 18.6 Å². The van der Waals surface area contributed by atoms with Crippen LogP contribution in [0.4, 0.5) is 0 Å². The van der Waals surface area contributed by atoms with E-state index >= 15 is 0 Å². The maximum atomic E-state index is 13.4. The highest BCUT2D eigenvalue weighted by Gasteiger charge is 2.61. The molecule has 4 saturated heterocycles. The van der Waals surface area contributed by atoms with Crippen LogP contribution in [0.5, 0.6) is 0 Å². The first kappa shape index (κ1) is 19.1. The molecule has 2 atom stereocenters. The fraction of sp³-hybridized carbons (Fsp3) is 0.882. The molecule has 4 aliphatic rings. The Bertz CT molecular complexity index is 717. The van der Waals surface area contributed by atoms with Crippen LogP contribution in [0.15, 0.2) is 0 Å². The lowest BCUT2D eigenvalue weighted by atomic mass is 9.79. The highest BCUT2D eigenvalue weighted by Crippen LogP contribution is 2.45. The predicted molar refractivity (Wildman–Crippen MR) is 96.9 cm³/mol. The standard InChI is InChI=1S/C17H28N4O5S/c1-14(22)19-10-15-11-21(27(24,25)20-6-8-26-9-7-20)13-17(15,12-19)16(23)18-4-2-3-5-18/h15H,2-13H2,1H3/t15-,17-/m0/s1. The molecule has 4 aliphatic heterocycles. The van der Waals surface area contributed by atoms with Gasteiger partial charge in [-0.15, -0.1) is 0 Å². The first-order valence-corrected chi connectivity index (χ1v) is 11.1. The molecular formula is C17H28N4O5S. The monoisotopic (exact) mass is 400 g/mol. The van der Waals surface area contributed by atoms with Crippen LogP contribution in [-0.4, -0.2) is 104 Å². The topological polar surface area (TPSA) is 90.5 Å². The van der Waals surface area contributed by atoms with Crippen molar-refractivity contribution >= 4 is 22.0 Å². The average molecular weight is 401 g/mol. The van der Waals surface area contributed by atoms with Crippen molar-refractivity contribution in [3.8, 4) is 0 Å². The fourth-order valence-corrected chi connectivity index (χ4v) is 6.61.